The second-order valence-electron chi connectivity index (χ2n) is 6.10. The molecule has 1 heterocycles. The van der Waals surface area contributed by atoms with E-state index in [4.69, 9.17) is 0 Å². The van der Waals surface area contributed by atoms with Gasteiger partial charge in [-0.25, -0.2) is 5.10 Å². The second-order valence-corrected chi connectivity index (χ2v) is 6.10. The lowest BCUT2D eigenvalue weighted by atomic mass is 9.94. The Hall–Kier alpha value is -0.930. The van der Waals surface area contributed by atoms with Crippen molar-refractivity contribution in [2.24, 2.45) is 0 Å². The molecule has 4 nitrogen and oxygen atoms in total. The van der Waals surface area contributed by atoms with Gasteiger partial charge >= 0.3 is 0 Å². The Morgan fingerprint density at radius 1 is 0.905 bits per heavy atom. The highest BCUT2D eigenvalue weighted by molar-refractivity contribution is 4.90. The average Bonchev–Trinajstić information content (AvgIpc) is 3.02. The van der Waals surface area contributed by atoms with E-state index < -0.39 is 0 Å². The van der Waals surface area contributed by atoms with Gasteiger partial charge in [-0.05, 0) is 23.3 Å². The van der Waals surface area contributed by atoms with Crippen molar-refractivity contribution in [2.75, 3.05) is 0 Å². The van der Waals surface area contributed by atoms with Gasteiger partial charge in [-0.15, -0.1) is 5.10 Å². The van der Waals surface area contributed by atoms with E-state index in [1.54, 1.807) is 0 Å². The zero-order valence-electron chi connectivity index (χ0n) is 13.8. The second kappa shape index (κ2) is 12.8. The summed E-state index contributed by atoms with van der Waals surface area (Å²) in [6, 6.07) is 0. The number of hydrogen-bond donors (Lipinski definition) is 1. The maximum Gasteiger partial charge on any atom is 0.151 e. The average molecular weight is 293 g/mol. The van der Waals surface area contributed by atoms with Crippen LogP contribution in [0.2, 0.25) is 0 Å². The van der Waals surface area contributed by atoms with Crippen molar-refractivity contribution in [1.29, 1.82) is 0 Å². The van der Waals surface area contributed by atoms with E-state index >= 15 is 0 Å². The maximum atomic E-state index is 4.10. The summed E-state index contributed by atoms with van der Waals surface area (Å²) in [7, 11) is 0. The molecule has 1 aromatic rings. The lowest BCUT2D eigenvalue weighted by Crippen LogP contribution is -2.02. The monoisotopic (exact) mass is 293 g/mol. The first kappa shape index (κ1) is 18.1. The van der Waals surface area contributed by atoms with Crippen LogP contribution in [0.3, 0.4) is 0 Å². The molecule has 0 saturated carbocycles. The molecule has 4 heteroatoms. The molecule has 0 bridgehead atoms. The first-order chi connectivity index (χ1) is 10.4. The summed E-state index contributed by atoms with van der Waals surface area (Å²) in [5.41, 5.74) is 0. The van der Waals surface area contributed by atoms with E-state index in [9.17, 15) is 0 Å². The molecular formula is C17H33N4. The summed E-state index contributed by atoms with van der Waals surface area (Å²) >= 11 is 0. The zero-order valence-corrected chi connectivity index (χ0v) is 13.8. The Bertz CT molecular complexity index is 311. The van der Waals surface area contributed by atoms with Crippen molar-refractivity contribution in [1.82, 2.24) is 20.6 Å². The number of aromatic amines is 1. The van der Waals surface area contributed by atoms with Crippen LogP contribution >= 0.6 is 0 Å². The maximum absolute atomic E-state index is 4.10. The first-order valence-corrected chi connectivity index (χ1v) is 8.91. The molecule has 1 N–H and O–H groups in total. The third-order valence-corrected chi connectivity index (χ3v) is 4.21. The number of unbranched alkanes of at least 4 members (excludes halogenated alkanes) is 9. The van der Waals surface area contributed by atoms with Crippen molar-refractivity contribution >= 4 is 0 Å². The molecule has 0 saturated heterocycles. The molecule has 0 aliphatic carbocycles. The molecule has 0 fully saturated rings. The predicted octanol–water partition coefficient (Wildman–Crippen LogP) is 5.21. The molecular weight excluding hydrogens is 260 g/mol. The molecule has 1 unspecified atom stereocenters. The molecule has 1 radical (unpaired) electrons. The van der Waals surface area contributed by atoms with Crippen molar-refractivity contribution in [3.63, 3.8) is 0 Å². The number of tetrazole rings is 1. The van der Waals surface area contributed by atoms with Gasteiger partial charge in [0.15, 0.2) is 5.82 Å². The van der Waals surface area contributed by atoms with Gasteiger partial charge in [0.25, 0.3) is 0 Å². The quantitative estimate of drug-likeness (QED) is 0.479. The van der Waals surface area contributed by atoms with Crippen molar-refractivity contribution in [3.05, 3.63) is 12.7 Å². The molecule has 1 atom stereocenters. The molecule has 0 aliphatic rings. The minimum atomic E-state index is 0.525. The fourth-order valence-corrected chi connectivity index (χ4v) is 2.84. The molecule has 0 aliphatic heterocycles. The summed E-state index contributed by atoms with van der Waals surface area (Å²) in [6.07, 6.45) is 16.9. The van der Waals surface area contributed by atoms with Gasteiger partial charge < -0.3 is 0 Å². The molecule has 0 amide bonds. The highest BCUT2D eigenvalue weighted by Gasteiger charge is 2.14. The van der Waals surface area contributed by atoms with Crippen molar-refractivity contribution in [2.45, 2.75) is 96.3 Å². The van der Waals surface area contributed by atoms with Gasteiger partial charge in [-0.3, -0.25) is 0 Å². The minimum Gasteiger partial charge on any atom is -0.243 e. The van der Waals surface area contributed by atoms with Crippen LogP contribution in [0.5, 0.6) is 0 Å². The normalized spacial score (nSPS) is 12.7. The summed E-state index contributed by atoms with van der Waals surface area (Å²) in [5, 5.41) is 14.5. The number of H-pyrrole nitrogens is 1. The smallest absolute Gasteiger partial charge is 0.151 e. The van der Waals surface area contributed by atoms with Gasteiger partial charge in [-0.2, -0.15) is 0 Å². The summed E-state index contributed by atoms with van der Waals surface area (Å²) in [4.78, 5) is 0. The van der Waals surface area contributed by atoms with Gasteiger partial charge in [0, 0.05) is 5.92 Å². The van der Waals surface area contributed by atoms with Crippen LogP contribution in [0, 0.1) is 6.92 Å². The predicted molar refractivity (Wildman–Crippen MR) is 88.0 cm³/mol. The fraction of sp³-hybridized carbons (Fsp3) is 0.882. The summed E-state index contributed by atoms with van der Waals surface area (Å²) < 4.78 is 0. The largest absolute Gasteiger partial charge is 0.243 e. The Labute approximate surface area is 130 Å². The van der Waals surface area contributed by atoms with Crippen LogP contribution in [0.25, 0.3) is 0 Å². The molecule has 0 spiro atoms. The third kappa shape index (κ3) is 8.84. The number of nitrogens with one attached hydrogen (secondary N) is 1. The molecule has 121 valence electrons. The highest BCUT2D eigenvalue weighted by Crippen LogP contribution is 2.25. The molecule has 21 heavy (non-hydrogen) atoms. The Balaban J connectivity index is 2.05. The van der Waals surface area contributed by atoms with Crippen LogP contribution in [-0.2, 0) is 0 Å². The highest BCUT2D eigenvalue weighted by atomic mass is 15.5. The van der Waals surface area contributed by atoms with E-state index in [-0.39, 0.29) is 0 Å². The number of rotatable bonds is 14. The van der Waals surface area contributed by atoms with E-state index in [1.165, 1.54) is 77.0 Å². The minimum absolute atomic E-state index is 0.525. The number of aromatic nitrogens is 4. The van der Waals surface area contributed by atoms with Crippen LogP contribution < -0.4 is 0 Å². The summed E-state index contributed by atoms with van der Waals surface area (Å²) in [5.74, 6) is 1.51. The fourth-order valence-electron chi connectivity index (χ4n) is 2.84. The topological polar surface area (TPSA) is 54.5 Å². The van der Waals surface area contributed by atoms with Crippen molar-refractivity contribution < 1.29 is 0 Å². The zero-order chi connectivity index (χ0) is 15.2. The Kier molecular flexibility index (Phi) is 11.0. The summed E-state index contributed by atoms with van der Waals surface area (Å²) in [6.45, 7) is 6.13. The van der Waals surface area contributed by atoms with Crippen LogP contribution in [0.15, 0.2) is 0 Å². The standard InChI is InChI=1S/C17H33N4/c1-3-5-7-8-9-10-11-12-13-15-16(14-6-4-2)17-18-20-21-19-17/h16H,1,3-15H2,2H3,(H,18,19,20,21). The molecule has 0 aromatic carbocycles. The number of nitrogens with zero attached hydrogens (tertiary/aromatic N) is 3. The van der Waals surface area contributed by atoms with Gasteiger partial charge in [0.1, 0.15) is 0 Å². The van der Waals surface area contributed by atoms with Crippen LogP contribution in [-0.4, -0.2) is 20.6 Å². The first-order valence-electron chi connectivity index (χ1n) is 8.91. The molecule has 1 rings (SSSR count). The SMILES string of the molecule is [CH2]CCCCCCCCCCC(CCCC)c1nnn[nH]1. The lowest BCUT2D eigenvalue weighted by Gasteiger charge is -2.12. The Morgan fingerprint density at radius 3 is 2.10 bits per heavy atom. The van der Waals surface area contributed by atoms with E-state index in [2.05, 4.69) is 34.5 Å². The molecule has 1 aromatic heterocycles. The van der Waals surface area contributed by atoms with Gasteiger partial charge in [0.05, 0.1) is 0 Å². The van der Waals surface area contributed by atoms with E-state index in [1.807, 2.05) is 0 Å². The van der Waals surface area contributed by atoms with Gasteiger partial charge in [-0.1, -0.05) is 84.5 Å². The third-order valence-electron chi connectivity index (χ3n) is 4.21. The van der Waals surface area contributed by atoms with E-state index in [0.717, 1.165) is 12.2 Å². The van der Waals surface area contributed by atoms with Crippen LogP contribution in [0.1, 0.15) is 102 Å². The Morgan fingerprint density at radius 2 is 1.52 bits per heavy atom. The van der Waals surface area contributed by atoms with Crippen LogP contribution in [0.4, 0.5) is 0 Å². The van der Waals surface area contributed by atoms with Crippen molar-refractivity contribution in [3.8, 4) is 0 Å². The lowest BCUT2D eigenvalue weighted by molar-refractivity contribution is 0.482. The van der Waals surface area contributed by atoms with Gasteiger partial charge in [0.2, 0.25) is 0 Å². The van der Waals surface area contributed by atoms with E-state index in [0.29, 0.717) is 5.92 Å². The number of hydrogen-bond acceptors (Lipinski definition) is 3.